The smallest absolute Gasteiger partial charge is 0.407 e. The maximum absolute atomic E-state index is 14.1. The molecule has 1 fully saturated rings. The normalized spacial score (nSPS) is 15.5. The Kier molecular flexibility index (Phi) is 7.77. The van der Waals surface area contributed by atoms with Crippen LogP contribution in [0.4, 0.5) is 13.6 Å². The molecule has 1 N–H and O–H groups in total. The number of halogens is 2. The third-order valence-electron chi connectivity index (χ3n) is 5.74. The Hall–Kier alpha value is -3.03. The first-order chi connectivity index (χ1) is 15.2. The van der Waals surface area contributed by atoms with E-state index in [1.165, 1.54) is 43.5 Å². The SMILES string of the molecule is Cc1nccc(OC(=O)N2CCC(C(CC(C)C)NC(=O)c3ccc(F)cc3)CC2)c1F. The number of nitrogens with one attached hydrogen (secondary N) is 1. The van der Waals surface area contributed by atoms with Crippen LogP contribution < -0.4 is 10.1 Å². The highest BCUT2D eigenvalue weighted by Gasteiger charge is 2.31. The minimum atomic E-state index is -0.642. The first-order valence-corrected chi connectivity index (χ1v) is 10.9. The minimum absolute atomic E-state index is 0.0639. The Labute approximate surface area is 187 Å². The van der Waals surface area contributed by atoms with Crippen molar-refractivity contribution in [3.8, 4) is 5.75 Å². The fraction of sp³-hybridized carbons (Fsp3) is 0.458. The number of aromatic nitrogens is 1. The Balaban J connectivity index is 1.59. The van der Waals surface area contributed by atoms with Crippen LogP contribution in [0, 0.1) is 30.4 Å². The molecule has 3 rings (SSSR count). The fourth-order valence-corrected chi connectivity index (χ4v) is 3.98. The van der Waals surface area contributed by atoms with Gasteiger partial charge in [0.1, 0.15) is 5.82 Å². The molecule has 2 heterocycles. The Morgan fingerprint density at radius 3 is 2.44 bits per heavy atom. The van der Waals surface area contributed by atoms with Crippen LogP contribution in [0.3, 0.4) is 0 Å². The minimum Gasteiger partial charge on any atom is -0.407 e. The molecule has 0 aliphatic carbocycles. The Morgan fingerprint density at radius 2 is 1.81 bits per heavy atom. The summed E-state index contributed by atoms with van der Waals surface area (Å²) in [6.07, 6.45) is 2.97. The van der Waals surface area contributed by atoms with E-state index >= 15 is 0 Å². The number of nitrogens with zero attached hydrogens (tertiary/aromatic N) is 2. The van der Waals surface area contributed by atoms with Crippen LogP contribution in [0.25, 0.3) is 0 Å². The van der Waals surface area contributed by atoms with Gasteiger partial charge in [-0.3, -0.25) is 9.78 Å². The number of likely N-dealkylation sites (tertiary alicyclic amines) is 1. The summed E-state index contributed by atoms with van der Waals surface area (Å²) < 4.78 is 32.5. The lowest BCUT2D eigenvalue weighted by atomic mass is 9.85. The van der Waals surface area contributed by atoms with Gasteiger partial charge < -0.3 is 15.0 Å². The molecule has 0 spiro atoms. The van der Waals surface area contributed by atoms with Gasteiger partial charge in [0.05, 0.1) is 5.69 Å². The van der Waals surface area contributed by atoms with E-state index in [1.54, 1.807) is 4.90 Å². The zero-order valence-corrected chi connectivity index (χ0v) is 18.6. The molecule has 1 saturated heterocycles. The van der Waals surface area contributed by atoms with Gasteiger partial charge in [0.25, 0.3) is 5.91 Å². The average Bonchev–Trinajstić information content (AvgIpc) is 2.76. The summed E-state index contributed by atoms with van der Waals surface area (Å²) in [4.78, 5) is 30.5. The van der Waals surface area contributed by atoms with E-state index in [4.69, 9.17) is 4.74 Å². The third kappa shape index (κ3) is 6.02. The number of hydrogen-bond acceptors (Lipinski definition) is 4. The summed E-state index contributed by atoms with van der Waals surface area (Å²) in [5, 5.41) is 3.10. The largest absolute Gasteiger partial charge is 0.415 e. The lowest BCUT2D eigenvalue weighted by molar-refractivity contribution is 0.0870. The van der Waals surface area contributed by atoms with Crippen molar-refractivity contribution in [3.63, 3.8) is 0 Å². The van der Waals surface area contributed by atoms with E-state index in [2.05, 4.69) is 24.1 Å². The first kappa shape index (κ1) is 23.6. The Bertz CT molecular complexity index is 942. The number of carbonyl (C=O) groups excluding carboxylic acids is 2. The molecule has 1 aromatic carbocycles. The van der Waals surface area contributed by atoms with E-state index in [0.29, 0.717) is 37.4 Å². The molecule has 1 aliphatic heterocycles. The van der Waals surface area contributed by atoms with Crippen LogP contribution in [0.5, 0.6) is 5.75 Å². The third-order valence-corrected chi connectivity index (χ3v) is 5.74. The number of ether oxygens (including phenoxy) is 1. The number of carbonyl (C=O) groups is 2. The van der Waals surface area contributed by atoms with Crippen LogP contribution in [0.1, 0.15) is 49.2 Å². The van der Waals surface area contributed by atoms with Crippen molar-refractivity contribution in [2.24, 2.45) is 11.8 Å². The molecule has 0 bridgehead atoms. The molecule has 1 atom stereocenters. The number of hydrogen-bond donors (Lipinski definition) is 1. The molecular weight excluding hydrogens is 416 g/mol. The van der Waals surface area contributed by atoms with E-state index in [9.17, 15) is 18.4 Å². The number of rotatable bonds is 6. The quantitative estimate of drug-likeness (QED) is 0.698. The van der Waals surface area contributed by atoms with Crippen LogP contribution in [0.2, 0.25) is 0 Å². The topological polar surface area (TPSA) is 71.5 Å². The molecule has 8 heteroatoms. The van der Waals surface area contributed by atoms with Gasteiger partial charge >= 0.3 is 6.09 Å². The van der Waals surface area contributed by atoms with Gasteiger partial charge in [0.15, 0.2) is 11.6 Å². The molecule has 1 aromatic heterocycles. The van der Waals surface area contributed by atoms with Crippen molar-refractivity contribution >= 4 is 12.0 Å². The molecule has 6 nitrogen and oxygen atoms in total. The molecule has 172 valence electrons. The predicted molar refractivity (Wildman–Crippen MR) is 116 cm³/mol. The van der Waals surface area contributed by atoms with E-state index in [0.717, 1.165) is 6.42 Å². The second-order valence-electron chi connectivity index (χ2n) is 8.62. The maximum Gasteiger partial charge on any atom is 0.415 e. The van der Waals surface area contributed by atoms with Crippen molar-refractivity contribution in [2.75, 3.05) is 13.1 Å². The van der Waals surface area contributed by atoms with Crippen LogP contribution in [0.15, 0.2) is 36.5 Å². The number of aryl methyl sites for hydroxylation is 1. The lowest BCUT2D eigenvalue weighted by Crippen LogP contribution is -2.47. The van der Waals surface area contributed by atoms with E-state index in [-0.39, 0.29) is 35.1 Å². The van der Waals surface area contributed by atoms with Crippen molar-refractivity contribution in [1.29, 1.82) is 0 Å². The molecule has 0 radical (unpaired) electrons. The summed E-state index contributed by atoms with van der Waals surface area (Å²) in [6, 6.07) is 6.74. The van der Waals surface area contributed by atoms with Crippen LogP contribution in [-0.2, 0) is 0 Å². The molecular formula is C24H29F2N3O3. The zero-order valence-electron chi connectivity index (χ0n) is 18.6. The van der Waals surface area contributed by atoms with E-state index in [1.807, 2.05) is 0 Å². The van der Waals surface area contributed by atoms with Crippen molar-refractivity contribution < 1.29 is 23.1 Å². The molecule has 32 heavy (non-hydrogen) atoms. The van der Waals surface area contributed by atoms with Gasteiger partial charge in [-0.2, -0.15) is 0 Å². The summed E-state index contributed by atoms with van der Waals surface area (Å²) in [6.45, 7) is 6.60. The summed E-state index contributed by atoms with van der Waals surface area (Å²) in [5.74, 6) is -0.840. The highest BCUT2D eigenvalue weighted by atomic mass is 19.1. The number of benzene rings is 1. The van der Waals surface area contributed by atoms with Gasteiger partial charge in [0, 0.05) is 37.0 Å². The summed E-state index contributed by atoms with van der Waals surface area (Å²) in [5.41, 5.74) is 0.582. The highest BCUT2D eigenvalue weighted by Crippen LogP contribution is 2.26. The first-order valence-electron chi connectivity index (χ1n) is 10.9. The summed E-state index contributed by atoms with van der Waals surface area (Å²) in [7, 11) is 0. The molecule has 1 aliphatic rings. The number of pyridine rings is 1. The van der Waals surface area contributed by atoms with Crippen molar-refractivity contribution in [3.05, 3.63) is 59.4 Å². The number of piperidine rings is 1. The molecule has 2 amide bonds. The van der Waals surface area contributed by atoms with Gasteiger partial charge in [0.2, 0.25) is 0 Å². The highest BCUT2D eigenvalue weighted by molar-refractivity contribution is 5.94. The predicted octanol–water partition coefficient (Wildman–Crippen LogP) is 4.72. The van der Waals surface area contributed by atoms with Crippen LogP contribution in [-0.4, -0.2) is 41.0 Å². The average molecular weight is 446 g/mol. The molecule has 1 unspecified atom stereocenters. The molecule has 2 aromatic rings. The van der Waals surface area contributed by atoms with Gasteiger partial charge in [-0.25, -0.2) is 13.6 Å². The second kappa shape index (κ2) is 10.5. The monoisotopic (exact) mass is 445 g/mol. The number of amides is 2. The van der Waals surface area contributed by atoms with Crippen LogP contribution >= 0.6 is 0 Å². The van der Waals surface area contributed by atoms with E-state index < -0.39 is 11.9 Å². The van der Waals surface area contributed by atoms with Gasteiger partial charge in [-0.05, 0) is 62.3 Å². The van der Waals surface area contributed by atoms with Crippen molar-refractivity contribution in [1.82, 2.24) is 15.2 Å². The van der Waals surface area contributed by atoms with Gasteiger partial charge in [-0.15, -0.1) is 0 Å². The standard InChI is InChI=1S/C24H29F2N3O3/c1-15(2)14-20(28-23(30)18-4-6-19(25)7-5-18)17-9-12-29(13-10-17)24(31)32-21-8-11-27-16(3)22(21)26/h4-8,11,15,17,20H,9-10,12-14H2,1-3H3,(H,28,30). The zero-order chi connectivity index (χ0) is 23.3. The summed E-state index contributed by atoms with van der Waals surface area (Å²) >= 11 is 0. The second-order valence-corrected chi connectivity index (χ2v) is 8.62. The molecule has 0 saturated carbocycles. The Morgan fingerprint density at radius 1 is 1.16 bits per heavy atom. The van der Waals surface area contributed by atoms with Crippen molar-refractivity contribution in [2.45, 2.75) is 46.1 Å². The lowest BCUT2D eigenvalue weighted by Gasteiger charge is -2.36. The van der Waals surface area contributed by atoms with Gasteiger partial charge in [-0.1, -0.05) is 13.8 Å². The maximum atomic E-state index is 14.1. The fourth-order valence-electron chi connectivity index (χ4n) is 3.98.